The van der Waals surface area contributed by atoms with Crippen molar-refractivity contribution in [3.8, 4) is 6.07 Å². The molecule has 1 amide bonds. The standard InChI is InChI=1S/C15H19Cl2N3O/c1-15(2,10-18)20(4)14(21)9-19(3)8-11-5-6-12(16)7-13(11)17/h5-7H,8-9H2,1-4H3. The Morgan fingerprint density at radius 2 is 1.95 bits per heavy atom. The van der Waals surface area contributed by atoms with Gasteiger partial charge in [0.2, 0.25) is 5.91 Å². The normalized spacial score (nSPS) is 11.3. The molecule has 0 saturated carbocycles. The van der Waals surface area contributed by atoms with Gasteiger partial charge in [0.1, 0.15) is 5.54 Å². The minimum Gasteiger partial charge on any atom is -0.326 e. The molecule has 0 fully saturated rings. The van der Waals surface area contributed by atoms with Crippen molar-refractivity contribution < 1.29 is 4.79 Å². The number of benzene rings is 1. The van der Waals surface area contributed by atoms with Crippen LogP contribution >= 0.6 is 23.2 Å². The Morgan fingerprint density at radius 1 is 1.33 bits per heavy atom. The fourth-order valence-electron chi connectivity index (χ4n) is 1.72. The third-order valence-corrected chi connectivity index (χ3v) is 3.93. The fraction of sp³-hybridized carbons (Fsp3) is 0.467. The van der Waals surface area contributed by atoms with Crippen LogP contribution in [-0.4, -0.2) is 41.9 Å². The van der Waals surface area contributed by atoms with Crippen molar-refractivity contribution in [2.75, 3.05) is 20.6 Å². The summed E-state index contributed by atoms with van der Waals surface area (Å²) in [5.41, 5.74) is 0.0779. The molecular formula is C15H19Cl2N3O. The summed E-state index contributed by atoms with van der Waals surface area (Å²) in [5.74, 6) is -0.117. The predicted octanol–water partition coefficient (Wildman–Crippen LogP) is 3.19. The highest BCUT2D eigenvalue weighted by Gasteiger charge is 2.27. The van der Waals surface area contributed by atoms with Gasteiger partial charge in [-0.2, -0.15) is 5.26 Å². The van der Waals surface area contributed by atoms with E-state index in [4.69, 9.17) is 28.5 Å². The highest BCUT2D eigenvalue weighted by molar-refractivity contribution is 6.35. The van der Waals surface area contributed by atoms with Crippen LogP contribution in [0, 0.1) is 11.3 Å². The molecule has 0 aromatic heterocycles. The van der Waals surface area contributed by atoms with Gasteiger partial charge in [-0.15, -0.1) is 0 Å². The van der Waals surface area contributed by atoms with Gasteiger partial charge in [-0.1, -0.05) is 29.3 Å². The molecule has 0 N–H and O–H groups in total. The van der Waals surface area contributed by atoms with Gasteiger partial charge in [0.05, 0.1) is 12.6 Å². The van der Waals surface area contributed by atoms with Crippen LogP contribution in [0.5, 0.6) is 0 Å². The summed E-state index contributed by atoms with van der Waals surface area (Å²) in [6, 6.07) is 7.40. The lowest BCUT2D eigenvalue weighted by Crippen LogP contribution is -2.47. The lowest BCUT2D eigenvalue weighted by Gasteiger charge is -2.30. The highest BCUT2D eigenvalue weighted by atomic mass is 35.5. The van der Waals surface area contributed by atoms with E-state index in [1.165, 1.54) is 4.90 Å². The summed E-state index contributed by atoms with van der Waals surface area (Å²) in [7, 11) is 3.46. The number of hydrogen-bond acceptors (Lipinski definition) is 3. The van der Waals surface area contributed by atoms with Gasteiger partial charge in [-0.05, 0) is 38.6 Å². The number of amides is 1. The van der Waals surface area contributed by atoms with Gasteiger partial charge in [0.15, 0.2) is 0 Å². The molecule has 6 heteroatoms. The number of carbonyl (C=O) groups excluding carboxylic acids is 1. The molecule has 0 bridgehead atoms. The molecule has 4 nitrogen and oxygen atoms in total. The Balaban J connectivity index is 2.68. The van der Waals surface area contributed by atoms with Crippen molar-refractivity contribution in [2.45, 2.75) is 25.9 Å². The Kier molecular flexibility index (Phi) is 6.03. The Labute approximate surface area is 135 Å². The lowest BCUT2D eigenvalue weighted by molar-refractivity contribution is -0.134. The summed E-state index contributed by atoms with van der Waals surface area (Å²) in [6.45, 7) is 4.16. The summed E-state index contributed by atoms with van der Waals surface area (Å²) >= 11 is 12.0. The van der Waals surface area contributed by atoms with E-state index in [0.29, 0.717) is 16.6 Å². The van der Waals surface area contributed by atoms with Crippen LogP contribution < -0.4 is 0 Å². The second-order valence-corrected chi connectivity index (χ2v) is 6.38. The molecule has 0 aliphatic carbocycles. The van der Waals surface area contributed by atoms with E-state index in [2.05, 4.69) is 6.07 Å². The second kappa shape index (κ2) is 7.13. The van der Waals surface area contributed by atoms with E-state index >= 15 is 0 Å². The van der Waals surface area contributed by atoms with Crippen LogP contribution in [0.2, 0.25) is 10.0 Å². The van der Waals surface area contributed by atoms with E-state index in [1.807, 2.05) is 18.0 Å². The first-order valence-corrected chi connectivity index (χ1v) is 7.23. The van der Waals surface area contributed by atoms with Gasteiger partial charge in [0.25, 0.3) is 0 Å². The third kappa shape index (κ3) is 4.89. The first-order valence-electron chi connectivity index (χ1n) is 6.47. The van der Waals surface area contributed by atoms with Crippen LogP contribution in [0.15, 0.2) is 18.2 Å². The first-order chi connectivity index (χ1) is 9.67. The molecule has 1 aromatic carbocycles. The highest BCUT2D eigenvalue weighted by Crippen LogP contribution is 2.22. The average molecular weight is 328 g/mol. The maximum Gasteiger partial charge on any atom is 0.237 e. The summed E-state index contributed by atoms with van der Waals surface area (Å²) in [4.78, 5) is 15.5. The fourth-order valence-corrected chi connectivity index (χ4v) is 2.19. The summed E-state index contributed by atoms with van der Waals surface area (Å²) in [6.07, 6.45) is 0. The second-order valence-electron chi connectivity index (χ2n) is 5.53. The lowest BCUT2D eigenvalue weighted by atomic mass is 10.1. The molecule has 0 aliphatic rings. The predicted molar refractivity (Wildman–Crippen MR) is 85.3 cm³/mol. The van der Waals surface area contributed by atoms with Crippen molar-refractivity contribution in [1.29, 1.82) is 5.26 Å². The number of likely N-dealkylation sites (N-methyl/N-ethyl adjacent to an activating group) is 2. The van der Waals surface area contributed by atoms with E-state index in [-0.39, 0.29) is 12.5 Å². The van der Waals surface area contributed by atoms with E-state index < -0.39 is 5.54 Å². The van der Waals surface area contributed by atoms with E-state index in [1.54, 1.807) is 33.0 Å². The molecule has 1 rings (SSSR count). The quantitative estimate of drug-likeness (QED) is 0.834. The Hall–Kier alpha value is -1.28. The van der Waals surface area contributed by atoms with Crippen LogP contribution in [0.3, 0.4) is 0 Å². The zero-order valence-electron chi connectivity index (χ0n) is 12.7. The maximum atomic E-state index is 12.2. The largest absolute Gasteiger partial charge is 0.326 e. The number of rotatable bonds is 5. The smallest absolute Gasteiger partial charge is 0.237 e. The molecular weight excluding hydrogens is 309 g/mol. The van der Waals surface area contributed by atoms with Gasteiger partial charge in [-0.3, -0.25) is 9.69 Å². The molecule has 0 atom stereocenters. The molecule has 114 valence electrons. The average Bonchev–Trinajstić information content (AvgIpc) is 2.41. The number of nitrogens with zero attached hydrogens (tertiary/aromatic N) is 3. The van der Waals surface area contributed by atoms with Crippen molar-refractivity contribution in [3.63, 3.8) is 0 Å². The zero-order chi connectivity index (χ0) is 16.2. The molecule has 0 spiro atoms. The number of hydrogen-bond donors (Lipinski definition) is 0. The first kappa shape index (κ1) is 17.8. The van der Waals surface area contributed by atoms with Crippen LogP contribution in [-0.2, 0) is 11.3 Å². The number of halogens is 2. The number of carbonyl (C=O) groups is 1. The van der Waals surface area contributed by atoms with Crippen LogP contribution in [0.25, 0.3) is 0 Å². The van der Waals surface area contributed by atoms with Crippen LogP contribution in [0.1, 0.15) is 19.4 Å². The molecule has 21 heavy (non-hydrogen) atoms. The summed E-state index contributed by atoms with van der Waals surface area (Å²) in [5, 5.41) is 10.2. The molecule has 0 aliphatic heterocycles. The van der Waals surface area contributed by atoms with Crippen molar-refractivity contribution >= 4 is 29.1 Å². The van der Waals surface area contributed by atoms with Crippen LogP contribution in [0.4, 0.5) is 0 Å². The van der Waals surface area contributed by atoms with Crippen molar-refractivity contribution in [2.24, 2.45) is 0 Å². The zero-order valence-corrected chi connectivity index (χ0v) is 14.2. The molecule has 0 heterocycles. The van der Waals surface area contributed by atoms with Gasteiger partial charge < -0.3 is 4.90 Å². The van der Waals surface area contributed by atoms with E-state index in [0.717, 1.165) is 5.56 Å². The Bertz CT molecular complexity index is 567. The topological polar surface area (TPSA) is 47.3 Å². The van der Waals surface area contributed by atoms with Gasteiger partial charge >= 0.3 is 0 Å². The minimum atomic E-state index is -0.824. The van der Waals surface area contributed by atoms with Gasteiger partial charge in [-0.25, -0.2) is 0 Å². The molecule has 1 aromatic rings. The maximum absolute atomic E-state index is 12.2. The van der Waals surface area contributed by atoms with Gasteiger partial charge in [0, 0.05) is 23.6 Å². The number of nitriles is 1. The Morgan fingerprint density at radius 3 is 2.48 bits per heavy atom. The summed E-state index contributed by atoms with van der Waals surface area (Å²) < 4.78 is 0. The monoisotopic (exact) mass is 327 g/mol. The molecule has 0 unspecified atom stereocenters. The van der Waals surface area contributed by atoms with Crippen molar-refractivity contribution in [1.82, 2.24) is 9.80 Å². The van der Waals surface area contributed by atoms with E-state index in [9.17, 15) is 4.79 Å². The minimum absolute atomic E-state index is 0.117. The molecule has 0 saturated heterocycles. The van der Waals surface area contributed by atoms with Crippen molar-refractivity contribution in [3.05, 3.63) is 33.8 Å². The third-order valence-electron chi connectivity index (χ3n) is 3.35. The SMILES string of the molecule is CN(CC(=O)N(C)C(C)(C)C#N)Cc1ccc(Cl)cc1Cl. The molecule has 0 radical (unpaired) electrons.